The van der Waals surface area contributed by atoms with Gasteiger partial charge in [0.05, 0.1) is 11.3 Å². The third-order valence-electron chi connectivity index (χ3n) is 5.78. The highest BCUT2D eigenvalue weighted by Gasteiger charge is 2.50. The van der Waals surface area contributed by atoms with Crippen molar-refractivity contribution in [3.63, 3.8) is 0 Å². The van der Waals surface area contributed by atoms with Gasteiger partial charge in [-0.25, -0.2) is 8.78 Å². The van der Waals surface area contributed by atoms with Crippen LogP contribution in [0, 0.1) is 11.6 Å². The van der Waals surface area contributed by atoms with E-state index in [-0.39, 0.29) is 12.1 Å². The van der Waals surface area contributed by atoms with Crippen molar-refractivity contribution in [3.8, 4) is 17.0 Å². The number of ether oxygens (including phenoxy) is 1. The molecule has 0 radical (unpaired) electrons. The molecule has 1 spiro atoms. The molecule has 2 aromatic carbocycles. The van der Waals surface area contributed by atoms with Crippen LogP contribution in [0.2, 0.25) is 0 Å². The molecule has 1 fully saturated rings. The number of fused-ring (bicyclic) bond motifs is 4. The lowest BCUT2D eigenvalue weighted by Gasteiger charge is -2.45. The number of halogens is 2. The summed E-state index contributed by atoms with van der Waals surface area (Å²) < 4.78 is 35.1. The smallest absolute Gasteiger partial charge is 0.272 e. The Morgan fingerprint density at radius 1 is 1.24 bits per heavy atom. The van der Waals surface area contributed by atoms with Gasteiger partial charge in [-0.3, -0.25) is 9.48 Å². The predicted molar refractivity (Wildman–Crippen MR) is 102 cm³/mol. The molecule has 7 heteroatoms. The number of carbonyl (C=O) groups is 1. The first-order chi connectivity index (χ1) is 14.0. The van der Waals surface area contributed by atoms with Crippen molar-refractivity contribution in [2.45, 2.75) is 31.4 Å². The Hall–Kier alpha value is -3.22. The van der Waals surface area contributed by atoms with E-state index in [1.807, 2.05) is 31.3 Å². The molecule has 3 aromatic rings. The first-order valence-electron chi connectivity index (χ1n) is 9.56. The third-order valence-corrected chi connectivity index (χ3v) is 5.78. The van der Waals surface area contributed by atoms with E-state index >= 15 is 0 Å². The van der Waals surface area contributed by atoms with Gasteiger partial charge >= 0.3 is 0 Å². The highest BCUT2D eigenvalue weighted by Crippen LogP contribution is 2.54. The fourth-order valence-electron chi connectivity index (χ4n) is 4.21. The zero-order chi connectivity index (χ0) is 20.2. The molecule has 5 rings (SSSR count). The molecule has 0 saturated heterocycles. The van der Waals surface area contributed by atoms with Crippen LogP contribution in [0.1, 0.15) is 40.9 Å². The second kappa shape index (κ2) is 6.40. The Labute approximate surface area is 166 Å². The molecule has 29 heavy (non-hydrogen) atoms. The molecule has 0 atom stereocenters. The van der Waals surface area contributed by atoms with E-state index in [4.69, 9.17) is 4.74 Å². The first kappa shape index (κ1) is 17.8. The van der Waals surface area contributed by atoms with Crippen molar-refractivity contribution in [1.82, 2.24) is 15.1 Å². The van der Waals surface area contributed by atoms with Crippen molar-refractivity contribution in [3.05, 3.63) is 70.9 Å². The quantitative estimate of drug-likeness (QED) is 0.728. The molecule has 2 heterocycles. The first-order valence-corrected chi connectivity index (χ1v) is 9.56. The van der Waals surface area contributed by atoms with E-state index in [1.165, 1.54) is 12.1 Å². The molecule has 2 aliphatic rings. The number of rotatable bonds is 3. The summed E-state index contributed by atoms with van der Waals surface area (Å²) in [5, 5.41) is 7.20. The Kier molecular flexibility index (Phi) is 3.94. The SMILES string of the molecule is Cn1nc(C(=O)NCc2ccc(F)cc2F)c2c1-c1ccccc1OC21CCC1. The van der Waals surface area contributed by atoms with Crippen molar-refractivity contribution < 1.29 is 18.3 Å². The molecule has 0 bridgehead atoms. The topological polar surface area (TPSA) is 56.2 Å². The molecular formula is C22H19F2N3O2. The number of nitrogens with one attached hydrogen (secondary N) is 1. The van der Waals surface area contributed by atoms with Gasteiger partial charge in [0.15, 0.2) is 5.69 Å². The lowest BCUT2D eigenvalue weighted by Crippen LogP contribution is -2.44. The number of hydrogen-bond acceptors (Lipinski definition) is 3. The lowest BCUT2D eigenvalue weighted by molar-refractivity contribution is -0.0151. The maximum Gasteiger partial charge on any atom is 0.272 e. The van der Waals surface area contributed by atoms with Crippen LogP contribution in [-0.4, -0.2) is 15.7 Å². The van der Waals surface area contributed by atoms with Crippen LogP contribution in [0.5, 0.6) is 5.75 Å². The highest BCUT2D eigenvalue weighted by atomic mass is 19.1. The van der Waals surface area contributed by atoms with Gasteiger partial charge in [0, 0.05) is 30.8 Å². The minimum Gasteiger partial charge on any atom is -0.482 e. The fraction of sp³-hybridized carbons (Fsp3) is 0.273. The fourth-order valence-corrected chi connectivity index (χ4v) is 4.21. The van der Waals surface area contributed by atoms with Gasteiger partial charge in [0.2, 0.25) is 0 Å². The van der Waals surface area contributed by atoms with Crippen LogP contribution >= 0.6 is 0 Å². The Morgan fingerprint density at radius 3 is 2.76 bits per heavy atom. The molecule has 1 aliphatic carbocycles. The zero-order valence-electron chi connectivity index (χ0n) is 15.8. The minimum absolute atomic E-state index is 0.0548. The summed E-state index contributed by atoms with van der Waals surface area (Å²) in [6.07, 6.45) is 2.64. The second-order valence-electron chi connectivity index (χ2n) is 7.56. The van der Waals surface area contributed by atoms with Gasteiger partial charge in [0.1, 0.15) is 23.0 Å². The number of nitrogens with zero attached hydrogens (tertiary/aromatic N) is 2. The molecule has 1 saturated carbocycles. The summed E-state index contributed by atoms with van der Waals surface area (Å²) in [5.41, 5.74) is 2.53. The summed E-state index contributed by atoms with van der Waals surface area (Å²) in [6, 6.07) is 11.0. The van der Waals surface area contributed by atoms with Gasteiger partial charge in [-0.15, -0.1) is 0 Å². The number of para-hydroxylation sites is 1. The van der Waals surface area contributed by atoms with Crippen molar-refractivity contribution in [1.29, 1.82) is 0 Å². The average molecular weight is 395 g/mol. The van der Waals surface area contributed by atoms with E-state index in [2.05, 4.69) is 10.4 Å². The average Bonchev–Trinajstić information content (AvgIpc) is 3.03. The van der Waals surface area contributed by atoms with E-state index in [1.54, 1.807) is 4.68 Å². The molecule has 1 aromatic heterocycles. The van der Waals surface area contributed by atoms with Gasteiger partial charge in [0.25, 0.3) is 5.91 Å². The summed E-state index contributed by atoms with van der Waals surface area (Å²) in [4.78, 5) is 13.0. The number of hydrogen-bond donors (Lipinski definition) is 1. The van der Waals surface area contributed by atoms with Crippen molar-refractivity contribution in [2.75, 3.05) is 0 Å². The van der Waals surface area contributed by atoms with Crippen molar-refractivity contribution in [2.24, 2.45) is 7.05 Å². The normalized spacial score (nSPS) is 15.8. The summed E-state index contributed by atoms with van der Waals surface area (Å²) in [6.45, 7) is -0.0548. The molecular weight excluding hydrogens is 376 g/mol. The van der Waals surface area contributed by atoms with Crippen molar-refractivity contribution >= 4 is 5.91 Å². The Balaban J connectivity index is 1.52. The molecule has 5 nitrogen and oxygen atoms in total. The van der Waals surface area contributed by atoms with Crippen LogP contribution in [0.4, 0.5) is 8.78 Å². The largest absolute Gasteiger partial charge is 0.482 e. The standard InChI is InChI=1S/C22H19F2N3O2/c1-27-20-15-5-2-3-6-17(15)29-22(9-4-10-22)18(20)19(26-27)21(28)25-12-13-7-8-14(23)11-16(13)24/h2-3,5-8,11H,4,9-10,12H2,1H3,(H,25,28). The summed E-state index contributed by atoms with van der Waals surface area (Å²) in [5.74, 6) is -0.956. The molecule has 1 N–H and O–H groups in total. The Morgan fingerprint density at radius 2 is 2.03 bits per heavy atom. The summed E-state index contributed by atoms with van der Waals surface area (Å²) in [7, 11) is 1.81. The van der Waals surface area contributed by atoms with Crippen LogP contribution in [-0.2, 0) is 19.2 Å². The molecule has 1 amide bonds. The number of amides is 1. The Bertz CT molecular complexity index is 1140. The molecule has 148 valence electrons. The van der Waals surface area contributed by atoms with Crippen LogP contribution < -0.4 is 10.1 Å². The zero-order valence-corrected chi connectivity index (χ0v) is 15.8. The van der Waals surface area contributed by atoms with Crippen LogP contribution in [0.15, 0.2) is 42.5 Å². The maximum atomic E-state index is 13.9. The van der Waals surface area contributed by atoms with Crippen LogP contribution in [0.25, 0.3) is 11.3 Å². The van der Waals surface area contributed by atoms with Crippen LogP contribution in [0.3, 0.4) is 0 Å². The second-order valence-corrected chi connectivity index (χ2v) is 7.56. The number of aryl methyl sites for hydroxylation is 1. The number of benzene rings is 2. The molecule has 0 unspecified atom stereocenters. The maximum absolute atomic E-state index is 13.9. The predicted octanol–water partition coefficient (Wildman–Crippen LogP) is 4.07. The van der Waals surface area contributed by atoms with Gasteiger partial charge in [-0.05, 0) is 37.5 Å². The van der Waals surface area contributed by atoms with E-state index < -0.39 is 23.1 Å². The highest BCUT2D eigenvalue weighted by molar-refractivity contribution is 5.97. The molecule has 1 aliphatic heterocycles. The monoisotopic (exact) mass is 395 g/mol. The van der Waals surface area contributed by atoms with E-state index in [0.29, 0.717) is 5.69 Å². The van der Waals surface area contributed by atoms with Gasteiger partial charge in [-0.1, -0.05) is 18.2 Å². The van der Waals surface area contributed by atoms with Gasteiger partial charge in [-0.2, -0.15) is 5.10 Å². The van der Waals surface area contributed by atoms with Gasteiger partial charge < -0.3 is 10.1 Å². The van der Waals surface area contributed by atoms with E-state index in [9.17, 15) is 13.6 Å². The van der Waals surface area contributed by atoms with E-state index in [0.717, 1.165) is 47.9 Å². The third kappa shape index (κ3) is 2.72. The number of carbonyl (C=O) groups excluding carboxylic acids is 1. The number of aromatic nitrogens is 2. The lowest BCUT2D eigenvalue weighted by atomic mass is 9.71. The minimum atomic E-state index is -0.693. The summed E-state index contributed by atoms with van der Waals surface area (Å²) >= 11 is 0.